The van der Waals surface area contributed by atoms with Gasteiger partial charge in [0.05, 0.1) is 0 Å². The first-order valence-electron chi connectivity index (χ1n) is 5.49. The van der Waals surface area contributed by atoms with Crippen LogP contribution < -0.4 is 0 Å². The van der Waals surface area contributed by atoms with Crippen LogP contribution in [0, 0.1) is 6.92 Å². The standard InChI is InChI=1S/C10H18BrN3O2S/c1-4-6-14(7-5-11)17(15,16)10-8-13(3)9(2)12-10/h8H,4-7H2,1-3H3. The predicted octanol–water partition coefficient (Wildman–Crippen LogP) is 1.52. The van der Waals surface area contributed by atoms with E-state index in [0.717, 1.165) is 6.42 Å². The minimum absolute atomic E-state index is 0.131. The van der Waals surface area contributed by atoms with Crippen molar-refractivity contribution in [2.75, 3.05) is 18.4 Å². The van der Waals surface area contributed by atoms with E-state index in [-0.39, 0.29) is 5.03 Å². The Hall–Kier alpha value is -0.400. The molecule has 0 fully saturated rings. The Morgan fingerprint density at radius 3 is 2.53 bits per heavy atom. The third-order valence-corrected chi connectivity index (χ3v) is 4.62. The number of rotatable bonds is 6. The van der Waals surface area contributed by atoms with Gasteiger partial charge in [-0.2, -0.15) is 4.31 Å². The van der Waals surface area contributed by atoms with Crippen molar-refractivity contribution in [3.63, 3.8) is 0 Å². The van der Waals surface area contributed by atoms with Crippen LogP contribution in [0.25, 0.3) is 0 Å². The normalized spacial score (nSPS) is 12.3. The highest BCUT2D eigenvalue weighted by Gasteiger charge is 2.26. The lowest BCUT2D eigenvalue weighted by molar-refractivity contribution is 0.428. The first kappa shape index (κ1) is 14.7. The van der Waals surface area contributed by atoms with Gasteiger partial charge in [-0.15, -0.1) is 0 Å². The number of halogens is 1. The van der Waals surface area contributed by atoms with Gasteiger partial charge in [-0.05, 0) is 13.3 Å². The summed E-state index contributed by atoms with van der Waals surface area (Å²) in [4.78, 5) is 4.09. The number of hydrogen-bond acceptors (Lipinski definition) is 3. The minimum atomic E-state index is -3.46. The number of aryl methyl sites for hydroxylation is 2. The van der Waals surface area contributed by atoms with Gasteiger partial charge in [-0.1, -0.05) is 22.9 Å². The molecule has 0 spiro atoms. The van der Waals surface area contributed by atoms with E-state index >= 15 is 0 Å². The maximum absolute atomic E-state index is 12.3. The topological polar surface area (TPSA) is 55.2 Å². The molecule has 5 nitrogen and oxygen atoms in total. The van der Waals surface area contributed by atoms with Crippen LogP contribution in [0.3, 0.4) is 0 Å². The zero-order valence-electron chi connectivity index (χ0n) is 10.4. The van der Waals surface area contributed by atoms with Crippen LogP contribution in [0.1, 0.15) is 19.2 Å². The van der Waals surface area contributed by atoms with Crippen LogP contribution in [0.4, 0.5) is 0 Å². The highest BCUT2D eigenvalue weighted by molar-refractivity contribution is 9.09. The lowest BCUT2D eigenvalue weighted by Crippen LogP contribution is -2.33. The fourth-order valence-corrected chi connectivity index (χ4v) is 3.70. The van der Waals surface area contributed by atoms with E-state index in [1.165, 1.54) is 4.31 Å². The fraction of sp³-hybridized carbons (Fsp3) is 0.700. The fourth-order valence-electron chi connectivity index (χ4n) is 1.48. The molecule has 7 heteroatoms. The summed E-state index contributed by atoms with van der Waals surface area (Å²) >= 11 is 3.27. The molecule has 0 saturated heterocycles. The molecule has 0 aliphatic carbocycles. The molecular formula is C10H18BrN3O2S. The Kier molecular flexibility index (Phi) is 5.15. The number of hydrogen-bond donors (Lipinski definition) is 0. The molecule has 0 saturated carbocycles. The SMILES string of the molecule is CCCN(CCBr)S(=O)(=O)c1cn(C)c(C)n1. The molecular weight excluding hydrogens is 306 g/mol. The summed E-state index contributed by atoms with van der Waals surface area (Å²) < 4.78 is 27.8. The third-order valence-electron chi connectivity index (χ3n) is 2.50. The molecule has 0 bridgehead atoms. The van der Waals surface area contributed by atoms with Crippen molar-refractivity contribution in [1.82, 2.24) is 13.9 Å². The number of nitrogens with zero attached hydrogens (tertiary/aromatic N) is 3. The van der Waals surface area contributed by atoms with Gasteiger partial charge in [-0.25, -0.2) is 13.4 Å². The number of alkyl halides is 1. The zero-order valence-corrected chi connectivity index (χ0v) is 12.8. The first-order valence-corrected chi connectivity index (χ1v) is 8.05. The van der Waals surface area contributed by atoms with Crippen LogP contribution in [-0.4, -0.2) is 40.7 Å². The Morgan fingerprint density at radius 1 is 1.47 bits per heavy atom. The Balaban J connectivity index is 3.06. The Morgan fingerprint density at radius 2 is 2.12 bits per heavy atom. The van der Waals surface area contributed by atoms with Crippen molar-refractivity contribution >= 4 is 26.0 Å². The number of aromatic nitrogens is 2. The summed E-state index contributed by atoms with van der Waals surface area (Å²) in [5.41, 5.74) is 0. The van der Waals surface area contributed by atoms with Crippen LogP contribution >= 0.6 is 15.9 Å². The Bertz CT molecular complexity index is 444. The van der Waals surface area contributed by atoms with Crippen molar-refractivity contribution in [1.29, 1.82) is 0 Å². The smallest absolute Gasteiger partial charge is 0.262 e. The van der Waals surface area contributed by atoms with E-state index in [1.807, 2.05) is 6.92 Å². The van der Waals surface area contributed by atoms with Crippen LogP contribution in [0.5, 0.6) is 0 Å². The number of imidazole rings is 1. The molecule has 0 unspecified atom stereocenters. The molecule has 0 aliphatic heterocycles. The largest absolute Gasteiger partial charge is 0.337 e. The predicted molar refractivity (Wildman–Crippen MR) is 70.8 cm³/mol. The van der Waals surface area contributed by atoms with E-state index in [0.29, 0.717) is 24.2 Å². The maximum Gasteiger partial charge on any atom is 0.262 e. The van der Waals surface area contributed by atoms with Gasteiger partial charge in [0.25, 0.3) is 10.0 Å². The van der Waals surface area contributed by atoms with Crippen molar-refractivity contribution in [3.05, 3.63) is 12.0 Å². The van der Waals surface area contributed by atoms with Gasteiger partial charge in [-0.3, -0.25) is 0 Å². The van der Waals surface area contributed by atoms with E-state index < -0.39 is 10.0 Å². The molecule has 0 aromatic carbocycles. The highest BCUT2D eigenvalue weighted by atomic mass is 79.9. The summed E-state index contributed by atoms with van der Waals surface area (Å²) in [6.45, 7) is 4.73. The van der Waals surface area contributed by atoms with Gasteiger partial charge in [0.1, 0.15) is 5.82 Å². The molecule has 0 radical (unpaired) electrons. The van der Waals surface area contributed by atoms with Gasteiger partial charge in [0.2, 0.25) is 0 Å². The highest BCUT2D eigenvalue weighted by Crippen LogP contribution is 2.15. The summed E-state index contributed by atoms with van der Waals surface area (Å²) in [6, 6.07) is 0. The number of sulfonamides is 1. The van der Waals surface area contributed by atoms with Gasteiger partial charge < -0.3 is 4.57 Å². The second-order valence-corrected chi connectivity index (χ2v) is 6.51. The lowest BCUT2D eigenvalue weighted by atomic mass is 10.5. The van der Waals surface area contributed by atoms with Gasteiger partial charge in [0, 0.05) is 31.7 Å². The molecule has 1 rings (SSSR count). The second kappa shape index (κ2) is 5.97. The van der Waals surface area contributed by atoms with Crippen LogP contribution in [0.2, 0.25) is 0 Å². The monoisotopic (exact) mass is 323 g/mol. The summed E-state index contributed by atoms with van der Waals surface area (Å²) in [5.74, 6) is 0.693. The zero-order chi connectivity index (χ0) is 13.1. The van der Waals surface area contributed by atoms with Crippen molar-refractivity contribution in [2.45, 2.75) is 25.3 Å². The van der Waals surface area contributed by atoms with E-state index in [9.17, 15) is 8.42 Å². The molecule has 1 aromatic heterocycles. The van der Waals surface area contributed by atoms with Crippen molar-refractivity contribution in [2.24, 2.45) is 7.05 Å². The van der Waals surface area contributed by atoms with E-state index in [4.69, 9.17) is 0 Å². The van der Waals surface area contributed by atoms with Crippen LogP contribution in [0.15, 0.2) is 11.2 Å². The minimum Gasteiger partial charge on any atom is -0.337 e. The van der Waals surface area contributed by atoms with Gasteiger partial charge >= 0.3 is 0 Å². The van der Waals surface area contributed by atoms with E-state index in [2.05, 4.69) is 20.9 Å². The molecule has 98 valence electrons. The van der Waals surface area contributed by atoms with Crippen molar-refractivity contribution < 1.29 is 8.42 Å². The average Bonchev–Trinajstić information content (AvgIpc) is 2.59. The molecule has 0 amide bonds. The maximum atomic E-state index is 12.3. The third kappa shape index (κ3) is 3.29. The molecule has 17 heavy (non-hydrogen) atoms. The Labute approximate surface area is 111 Å². The van der Waals surface area contributed by atoms with Crippen molar-refractivity contribution in [3.8, 4) is 0 Å². The van der Waals surface area contributed by atoms with Gasteiger partial charge in [0.15, 0.2) is 5.03 Å². The molecule has 1 aromatic rings. The molecule has 0 aliphatic rings. The molecule has 1 heterocycles. The lowest BCUT2D eigenvalue weighted by Gasteiger charge is -2.18. The summed E-state index contributed by atoms with van der Waals surface area (Å²) in [5, 5.41) is 0.754. The van der Waals surface area contributed by atoms with E-state index in [1.54, 1.807) is 24.7 Å². The first-order chi connectivity index (χ1) is 7.93. The summed E-state index contributed by atoms with van der Waals surface area (Å²) in [7, 11) is -1.67. The quantitative estimate of drug-likeness (QED) is 0.746. The average molecular weight is 324 g/mol. The summed E-state index contributed by atoms with van der Waals surface area (Å²) in [6.07, 6.45) is 2.35. The molecule has 0 N–H and O–H groups in total. The second-order valence-electron chi connectivity index (χ2n) is 3.83. The van der Waals surface area contributed by atoms with Crippen LogP contribution in [-0.2, 0) is 17.1 Å². The molecule has 0 atom stereocenters.